The minimum Gasteiger partial charge on any atom is -0.312 e. The Labute approximate surface area is 117 Å². The fourth-order valence-corrected chi connectivity index (χ4v) is 3.80. The lowest BCUT2D eigenvalue weighted by Crippen LogP contribution is -2.34. The van der Waals surface area contributed by atoms with Crippen molar-refractivity contribution >= 4 is 0 Å². The quantitative estimate of drug-likeness (QED) is 0.896. The van der Waals surface area contributed by atoms with E-state index in [0.29, 0.717) is 0 Å². The highest BCUT2D eigenvalue weighted by atomic mass is 15.2. The molecule has 0 amide bonds. The van der Waals surface area contributed by atoms with Crippen molar-refractivity contribution in [2.45, 2.75) is 64.7 Å². The molecule has 2 aliphatic rings. The maximum absolute atomic E-state index is 3.48. The third-order valence-electron chi connectivity index (χ3n) is 5.01. The summed E-state index contributed by atoms with van der Waals surface area (Å²) >= 11 is 0. The largest absolute Gasteiger partial charge is 0.312 e. The molecule has 2 heterocycles. The molecule has 104 valence electrons. The van der Waals surface area contributed by atoms with Crippen LogP contribution in [0, 0.1) is 0 Å². The van der Waals surface area contributed by atoms with Gasteiger partial charge in [0.2, 0.25) is 0 Å². The lowest BCUT2D eigenvalue weighted by atomic mass is 9.95. The number of rotatable bonds is 3. The van der Waals surface area contributed by atoms with Gasteiger partial charge in [-0.15, -0.1) is 0 Å². The average molecular weight is 258 g/mol. The summed E-state index contributed by atoms with van der Waals surface area (Å²) in [4.78, 5) is 2.73. The minimum absolute atomic E-state index is 0.752. The van der Waals surface area contributed by atoms with Crippen LogP contribution in [0.1, 0.15) is 49.8 Å². The Morgan fingerprint density at radius 3 is 3.05 bits per heavy atom. The second-order valence-electron chi connectivity index (χ2n) is 6.14. The van der Waals surface area contributed by atoms with Crippen LogP contribution in [-0.2, 0) is 19.5 Å². The van der Waals surface area contributed by atoms with Crippen molar-refractivity contribution in [2.75, 3.05) is 6.54 Å². The van der Waals surface area contributed by atoms with Crippen LogP contribution in [0.2, 0.25) is 0 Å². The second kappa shape index (κ2) is 5.64. The van der Waals surface area contributed by atoms with Gasteiger partial charge in [0.25, 0.3) is 0 Å². The Kier molecular flexibility index (Phi) is 3.90. The van der Waals surface area contributed by atoms with Crippen LogP contribution in [0.3, 0.4) is 0 Å². The number of nitrogens with zero attached hydrogens (tertiary/aromatic N) is 1. The SMILES string of the molecule is CCC1CCC(C)N1Cc1cccc2c1CCNC2. The van der Waals surface area contributed by atoms with Crippen LogP contribution in [0.15, 0.2) is 18.2 Å². The predicted molar refractivity (Wildman–Crippen MR) is 80.2 cm³/mol. The molecule has 1 fully saturated rings. The first kappa shape index (κ1) is 13.1. The van der Waals surface area contributed by atoms with Crippen LogP contribution in [0.25, 0.3) is 0 Å². The van der Waals surface area contributed by atoms with Crippen LogP contribution < -0.4 is 5.32 Å². The summed E-state index contributed by atoms with van der Waals surface area (Å²) in [5.41, 5.74) is 4.71. The van der Waals surface area contributed by atoms with E-state index in [0.717, 1.165) is 31.7 Å². The summed E-state index contributed by atoms with van der Waals surface area (Å²) in [5.74, 6) is 0. The summed E-state index contributed by atoms with van der Waals surface area (Å²) in [6, 6.07) is 8.43. The molecule has 1 N–H and O–H groups in total. The maximum Gasteiger partial charge on any atom is 0.0242 e. The highest BCUT2D eigenvalue weighted by Gasteiger charge is 2.29. The maximum atomic E-state index is 3.48. The van der Waals surface area contributed by atoms with Crippen molar-refractivity contribution in [1.82, 2.24) is 10.2 Å². The molecule has 2 atom stereocenters. The summed E-state index contributed by atoms with van der Waals surface area (Å²) in [6.45, 7) is 8.07. The second-order valence-corrected chi connectivity index (χ2v) is 6.14. The van der Waals surface area contributed by atoms with Gasteiger partial charge in [-0.3, -0.25) is 4.90 Å². The molecular formula is C17H26N2. The van der Waals surface area contributed by atoms with E-state index in [1.807, 2.05) is 0 Å². The molecule has 2 heteroatoms. The predicted octanol–water partition coefficient (Wildman–Crippen LogP) is 3.10. The molecule has 1 saturated heterocycles. The molecule has 2 unspecified atom stereocenters. The molecule has 0 aliphatic carbocycles. The van der Waals surface area contributed by atoms with Gasteiger partial charge in [0.1, 0.15) is 0 Å². The number of benzene rings is 1. The molecule has 2 nitrogen and oxygen atoms in total. The Morgan fingerprint density at radius 1 is 1.32 bits per heavy atom. The van der Waals surface area contributed by atoms with Crippen molar-refractivity contribution in [2.24, 2.45) is 0 Å². The van der Waals surface area contributed by atoms with Crippen LogP contribution in [0.5, 0.6) is 0 Å². The first-order chi connectivity index (χ1) is 9.29. The third-order valence-corrected chi connectivity index (χ3v) is 5.01. The van der Waals surface area contributed by atoms with Gasteiger partial charge >= 0.3 is 0 Å². The van der Waals surface area contributed by atoms with Crippen LogP contribution in [0.4, 0.5) is 0 Å². The normalized spacial score (nSPS) is 27.5. The molecule has 19 heavy (non-hydrogen) atoms. The molecule has 0 spiro atoms. The van der Waals surface area contributed by atoms with Crippen molar-refractivity contribution < 1.29 is 0 Å². The highest BCUT2D eigenvalue weighted by molar-refractivity contribution is 5.37. The zero-order chi connectivity index (χ0) is 13.2. The van der Waals surface area contributed by atoms with Crippen molar-refractivity contribution in [3.8, 4) is 0 Å². The number of hydrogen-bond donors (Lipinski definition) is 1. The van der Waals surface area contributed by atoms with Crippen LogP contribution >= 0.6 is 0 Å². The van der Waals surface area contributed by atoms with E-state index in [1.54, 1.807) is 11.1 Å². The van der Waals surface area contributed by atoms with E-state index in [4.69, 9.17) is 0 Å². The summed E-state index contributed by atoms with van der Waals surface area (Å²) < 4.78 is 0. The molecule has 0 radical (unpaired) electrons. The molecular weight excluding hydrogens is 232 g/mol. The Morgan fingerprint density at radius 2 is 2.21 bits per heavy atom. The molecule has 0 saturated carbocycles. The van der Waals surface area contributed by atoms with Crippen molar-refractivity contribution in [3.63, 3.8) is 0 Å². The van der Waals surface area contributed by atoms with E-state index in [-0.39, 0.29) is 0 Å². The van der Waals surface area contributed by atoms with Gasteiger partial charge in [-0.2, -0.15) is 0 Å². The molecule has 2 aliphatic heterocycles. The number of fused-ring (bicyclic) bond motifs is 1. The smallest absolute Gasteiger partial charge is 0.0242 e. The topological polar surface area (TPSA) is 15.3 Å². The Hall–Kier alpha value is -0.860. The fourth-order valence-electron chi connectivity index (χ4n) is 3.80. The zero-order valence-corrected chi connectivity index (χ0v) is 12.3. The van der Waals surface area contributed by atoms with Gasteiger partial charge in [0, 0.05) is 25.2 Å². The van der Waals surface area contributed by atoms with E-state index >= 15 is 0 Å². The molecule has 1 aromatic rings. The number of likely N-dealkylation sites (tertiary alicyclic amines) is 1. The first-order valence-electron chi connectivity index (χ1n) is 7.85. The average Bonchev–Trinajstić information content (AvgIpc) is 2.80. The van der Waals surface area contributed by atoms with E-state index in [2.05, 4.69) is 42.3 Å². The fraction of sp³-hybridized carbons (Fsp3) is 0.647. The molecule has 1 aromatic carbocycles. The van der Waals surface area contributed by atoms with Gasteiger partial charge in [-0.1, -0.05) is 25.1 Å². The van der Waals surface area contributed by atoms with E-state index < -0.39 is 0 Å². The molecule has 0 bridgehead atoms. The standard InChI is InChI=1S/C17H26N2/c1-3-16-8-7-13(2)19(16)12-15-6-4-5-14-11-18-10-9-17(14)15/h4-6,13,16,18H,3,7-12H2,1-2H3. The summed E-state index contributed by atoms with van der Waals surface area (Å²) in [5, 5.41) is 3.48. The van der Waals surface area contributed by atoms with E-state index in [9.17, 15) is 0 Å². The highest BCUT2D eigenvalue weighted by Crippen LogP contribution is 2.29. The summed E-state index contributed by atoms with van der Waals surface area (Å²) in [6.07, 6.45) is 5.24. The van der Waals surface area contributed by atoms with Gasteiger partial charge in [0.15, 0.2) is 0 Å². The van der Waals surface area contributed by atoms with Crippen molar-refractivity contribution in [3.05, 3.63) is 34.9 Å². The van der Waals surface area contributed by atoms with Gasteiger partial charge in [0.05, 0.1) is 0 Å². The molecule has 3 rings (SSSR count). The minimum atomic E-state index is 0.752. The monoisotopic (exact) mass is 258 g/mol. The zero-order valence-electron chi connectivity index (χ0n) is 12.3. The number of nitrogens with one attached hydrogen (secondary N) is 1. The van der Waals surface area contributed by atoms with Crippen LogP contribution in [-0.4, -0.2) is 23.5 Å². The summed E-state index contributed by atoms with van der Waals surface area (Å²) in [7, 11) is 0. The third kappa shape index (κ3) is 2.56. The van der Waals surface area contributed by atoms with E-state index in [1.165, 1.54) is 31.2 Å². The Bertz CT molecular complexity index is 441. The first-order valence-corrected chi connectivity index (χ1v) is 7.85. The lowest BCUT2D eigenvalue weighted by molar-refractivity contribution is 0.189. The van der Waals surface area contributed by atoms with Crippen molar-refractivity contribution in [1.29, 1.82) is 0 Å². The number of hydrogen-bond acceptors (Lipinski definition) is 2. The van der Waals surface area contributed by atoms with Gasteiger partial charge in [-0.25, -0.2) is 0 Å². The molecule has 0 aromatic heterocycles. The van der Waals surface area contributed by atoms with Gasteiger partial charge in [-0.05, 0) is 55.8 Å². The Balaban J connectivity index is 1.83. The van der Waals surface area contributed by atoms with Gasteiger partial charge < -0.3 is 5.32 Å². The lowest BCUT2D eigenvalue weighted by Gasteiger charge is -2.30.